The highest BCUT2D eigenvalue weighted by Crippen LogP contribution is 2.41. The maximum absolute atomic E-state index is 13.7. The second kappa shape index (κ2) is 11.1. The minimum Gasteiger partial charge on any atom is -0.355 e. The number of hydrogen-bond donors (Lipinski definition) is 0. The monoisotopic (exact) mass is 551 g/mol. The zero-order chi connectivity index (χ0) is 26.9. The normalized spacial score (nSPS) is 19.1. The lowest BCUT2D eigenvalue weighted by atomic mass is 9.96. The van der Waals surface area contributed by atoms with Crippen molar-refractivity contribution in [2.75, 3.05) is 24.5 Å². The fraction of sp³-hybridized carbons (Fsp3) is 0.379. The molecule has 9 heteroatoms. The lowest BCUT2D eigenvalue weighted by Gasteiger charge is -2.38. The van der Waals surface area contributed by atoms with E-state index < -0.39 is 10.0 Å². The van der Waals surface area contributed by atoms with E-state index in [1.165, 1.54) is 4.31 Å². The summed E-state index contributed by atoms with van der Waals surface area (Å²) in [5.74, 6) is 0.102. The van der Waals surface area contributed by atoms with Gasteiger partial charge >= 0.3 is 0 Å². The third kappa shape index (κ3) is 5.32. The van der Waals surface area contributed by atoms with Crippen molar-refractivity contribution in [2.24, 2.45) is 5.92 Å². The summed E-state index contributed by atoms with van der Waals surface area (Å²) in [6.45, 7) is 7.06. The quantitative estimate of drug-likeness (QED) is 0.386. The first-order valence-corrected chi connectivity index (χ1v) is 15.4. The summed E-state index contributed by atoms with van der Waals surface area (Å²) in [7, 11) is -3.83. The minimum absolute atomic E-state index is 0.0936. The maximum atomic E-state index is 13.7. The first kappa shape index (κ1) is 26.7. The molecule has 1 aromatic heterocycles. The van der Waals surface area contributed by atoms with Crippen LogP contribution in [0.1, 0.15) is 48.8 Å². The number of hydrogen-bond acceptors (Lipinski definition) is 6. The third-order valence-electron chi connectivity index (χ3n) is 7.30. The number of carbonyl (C=O) groups excluding carboxylic acids is 1. The summed E-state index contributed by atoms with van der Waals surface area (Å²) in [5.41, 5.74) is 3.39. The van der Waals surface area contributed by atoms with Gasteiger partial charge in [0.05, 0.1) is 5.69 Å². The topological polar surface area (TPSA) is 83.7 Å². The second-order valence-corrected chi connectivity index (χ2v) is 13.2. The Bertz CT molecular complexity index is 1440. The molecule has 0 bridgehead atoms. The van der Waals surface area contributed by atoms with Crippen LogP contribution in [0.25, 0.3) is 12.2 Å². The van der Waals surface area contributed by atoms with Crippen LogP contribution in [0.5, 0.6) is 0 Å². The van der Waals surface area contributed by atoms with Crippen LogP contribution in [0, 0.1) is 19.8 Å². The van der Waals surface area contributed by atoms with E-state index in [9.17, 15) is 13.2 Å². The van der Waals surface area contributed by atoms with Crippen molar-refractivity contribution in [2.45, 2.75) is 55.1 Å². The minimum atomic E-state index is -3.83. The number of aromatic nitrogens is 1. The average Bonchev–Trinajstić information content (AvgIpc) is 3.32. The van der Waals surface area contributed by atoms with Gasteiger partial charge in [0.25, 0.3) is 0 Å². The molecule has 1 saturated heterocycles. The first-order valence-electron chi connectivity index (χ1n) is 13.1. The Morgan fingerprint density at radius 3 is 2.50 bits per heavy atom. The zero-order valence-corrected chi connectivity index (χ0v) is 23.6. The standard InChI is InChI=1S/C29H33N3O4S2/c1-4-24-19-32(25-7-5-6-8-27(25)37-24)29(33)23-15-17-31(18-16-23)38(34,35)28-21(3)30-36-26(28)14-13-22-11-9-20(2)10-12-22/h5-14,23-24H,4,15-19H2,1-3H3/b14-13+/t24-/m1/s1. The van der Waals surface area contributed by atoms with Crippen molar-refractivity contribution < 1.29 is 17.7 Å². The molecule has 2 aromatic carbocycles. The van der Waals surface area contributed by atoms with Crippen LogP contribution in [-0.4, -0.2) is 48.7 Å². The van der Waals surface area contributed by atoms with E-state index in [-0.39, 0.29) is 35.6 Å². The SMILES string of the molecule is CC[C@@H]1CN(C(=O)C2CCN(S(=O)(=O)c3c(C)noc3/C=C/c3ccc(C)cc3)CC2)c2ccccc2S1. The number of sulfonamides is 1. The predicted octanol–water partition coefficient (Wildman–Crippen LogP) is 5.78. The average molecular weight is 552 g/mol. The van der Waals surface area contributed by atoms with Crippen LogP contribution in [0.15, 0.2) is 62.8 Å². The van der Waals surface area contributed by atoms with Crippen LogP contribution in [0.3, 0.4) is 0 Å². The molecule has 1 amide bonds. The van der Waals surface area contributed by atoms with Crippen LogP contribution >= 0.6 is 11.8 Å². The van der Waals surface area contributed by atoms with Crippen molar-refractivity contribution >= 4 is 45.5 Å². The van der Waals surface area contributed by atoms with E-state index in [0.29, 0.717) is 30.3 Å². The van der Waals surface area contributed by atoms with Crippen LogP contribution in [0.2, 0.25) is 0 Å². The Hall–Kier alpha value is -2.88. The van der Waals surface area contributed by atoms with Gasteiger partial charge in [-0.05, 0) is 56.9 Å². The van der Waals surface area contributed by atoms with E-state index in [0.717, 1.165) is 28.1 Å². The van der Waals surface area contributed by atoms with Crippen LogP contribution in [0.4, 0.5) is 5.69 Å². The van der Waals surface area contributed by atoms with Crippen LogP contribution < -0.4 is 4.90 Å². The van der Waals surface area contributed by atoms with Crippen molar-refractivity contribution in [3.63, 3.8) is 0 Å². The summed E-state index contributed by atoms with van der Waals surface area (Å²) in [5, 5.41) is 4.31. The lowest BCUT2D eigenvalue weighted by Crippen LogP contribution is -2.47. The number of anilines is 1. The number of amides is 1. The molecule has 7 nitrogen and oxygen atoms in total. The van der Waals surface area contributed by atoms with E-state index >= 15 is 0 Å². The summed E-state index contributed by atoms with van der Waals surface area (Å²) < 4.78 is 34.2. The molecule has 1 atom stereocenters. The zero-order valence-electron chi connectivity index (χ0n) is 22.0. The Balaban J connectivity index is 1.30. The molecular formula is C29H33N3O4S2. The summed E-state index contributed by atoms with van der Waals surface area (Å²) in [6.07, 6.45) is 5.43. The Kier molecular flexibility index (Phi) is 7.79. The molecule has 3 aromatic rings. The van der Waals surface area contributed by atoms with Gasteiger partial charge in [0, 0.05) is 35.7 Å². The molecule has 200 valence electrons. The van der Waals surface area contributed by atoms with Gasteiger partial charge in [-0.2, -0.15) is 4.31 Å². The number of rotatable bonds is 6. The Labute approximate surface area is 228 Å². The highest BCUT2D eigenvalue weighted by molar-refractivity contribution is 8.00. The lowest BCUT2D eigenvalue weighted by molar-refractivity contribution is -0.123. The highest BCUT2D eigenvalue weighted by Gasteiger charge is 2.38. The molecule has 2 aliphatic rings. The number of piperidine rings is 1. The number of aryl methyl sites for hydroxylation is 2. The fourth-order valence-electron chi connectivity index (χ4n) is 5.06. The number of nitrogens with zero attached hydrogens (tertiary/aromatic N) is 3. The molecule has 0 radical (unpaired) electrons. The van der Waals surface area contributed by atoms with Gasteiger partial charge in [0.2, 0.25) is 15.9 Å². The highest BCUT2D eigenvalue weighted by atomic mass is 32.2. The molecule has 0 unspecified atom stereocenters. The fourth-order valence-corrected chi connectivity index (χ4v) is 7.99. The summed E-state index contributed by atoms with van der Waals surface area (Å²) >= 11 is 1.83. The molecule has 0 aliphatic carbocycles. The molecule has 0 saturated carbocycles. The van der Waals surface area contributed by atoms with Crippen molar-refractivity contribution in [1.82, 2.24) is 9.46 Å². The molecule has 1 fully saturated rings. The number of thioether (sulfide) groups is 1. The number of carbonyl (C=O) groups is 1. The van der Waals surface area contributed by atoms with Gasteiger partial charge in [-0.1, -0.05) is 60.1 Å². The van der Waals surface area contributed by atoms with Crippen LogP contribution in [-0.2, 0) is 14.8 Å². The summed E-state index contributed by atoms with van der Waals surface area (Å²) in [4.78, 5) is 16.8. The molecule has 3 heterocycles. The van der Waals surface area contributed by atoms with E-state index in [4.69, 9.17) is 4.52 Å². The molecular weight excluding hydrogens is 518 g/mol. The van der Waals surface area contributed by atoms with Crippen molar-refractivity contribution in [3.05, 3.63) is 71.1 Å². The third-order valence-corrected chi connectivity index (χ3v) is 10.8. The van der Waals surface area contributed by atoms with Gasteiger partial charge < -0.3 is 9.42 Å². The van der Waals surface area contributed by atoms with Crippen molar-refractivity contribution in [1.29, 1.82) is 0 Å². The van der Waals surface area contributed by atoms with E-state index in [2.05, 4.69) is 18.1 Å². The molecule has 38 heavy (non-hydrogen) atoms. The largest absolute Gasteiger partial charge is 0.355 e. The van der Waals surface area contributed by atoms with Gasteiger partial charge in [-0.15, -0.1) is 11.8 Å². The van der Waals surface area contributed by atoms with Gasteiger partial charge in [-0.25, -0.2) is 8.42 Å². The first-order chi connectivity index (χ1) is 18.3. The smallest absolute Gasteiger partial charge is 0.248 e. The van der Waals surface area contributed by atoms with E-state index in [1.807, 2.05) is 72.1 Å². The van der Waals surface area contributed by atoms with Crippen molar-refractivity contribution in [3.8, 4) is 0 Å². The Morgan fingerprint density at radius 1 is 1.08 bits per heavy atom. The van der Waals surface area contributed by atoms with Gasteiger partial charge in [0.15, 0.2) is 10.7 Å². The molecule has 0 N–H and O–H groups in total. The molecule has 5 rings (SSSR count). The predicted molar refractivity (Wildman–Crippen MR) is 152 cm³/mol. The van der Waals surface area contributed by atoms with E-state index in [1.54, 1.807) is 13.0 Å². The summed E-state index contributed by atoms with van der Waals surface area (Å²) in [6, 6.07) is 16.0. The molecule has 2 aliphatic heterocycles. The molecule has 0 spiro atoms. The maximum Gasteiger partial charge on any atom is 0.248 e. The second-order valence-electron chi connectivity index (χ2n) is 9.95. The van der Waals surface area contributed by atoms with Gasteiger partial charge in [-0.3, -0.25) is 4.79 Å². The Morgan fingerprint density at radius 2 is 1.79 bits per heavy atom. The number of fused-ring (bicyclic) bond motifs is 1. The number of para-hydroxylation sites is 1. The number of benzene rings is 2. The van der Waals surface area contributed by atoms with Gasteiger partial charge in [0.1, 0.15) is 5.69 Å².